The number of rotatable bonds is 5. The van der Waals surface area contributed by atoms with E-state index in [1.54, 1.807) is 29.2 Å². The number of amides is 2. The number of carbonyl (C=O) groups excluding carboxylic acids is 2. The molecular weight excluding hydrogens is 388 g/mol. The number of halogens is 1. The quantitative estimate of drug-likeness (QED) is 0.634. The number of imidazole rings is 1. The van der Waals surface area contributed by atoms with Gasteiger partial charge in [-0.3, -0.25) is 9.59 Å². The lowest BCUT2D eigenvalue weighted by molar-refractivity contribution is 0.0798. The van der Waals surface area contributed by atoms with E-state index in [2.05, 4.69) is 15.3 Å². The molecule has 0 saturated heterocycles. The van der Waals surface area contributed by atoms with Gasteiger partial charge in [0.2, 0.25) is 0 Å². The van der Waals surface area contributed by atoms with Gasteiger partial charge in [0.05, 0.1) is 11.0 Å². The van der Waals surface area contributed by atoms with E-state index in [4.69, 9.17) is 11.6 Å². The maximum atomic E-state index is 12.5. The highest BCUT2D eigenvalue weighted by molar-refractivity contribution is 6.31. The molecule has 2 aromatic carbocycles. The van der Waals surface area contributed by atoms with E-state index in [1.165, 1.54) is 0 Å². The van der Waals surface area contributed by atoms with Crippen LogP contribution in [0, 0.1) is 6.92 Å². The third-order valence-corrected chi connectivity index (χ3v) is 5.20. The molecule has 1 aliphatic rings. The molecule has 3 aromatic rings. The largest absolute Gasteiger partial charge is 0.352 e. The Bertz CT molecular complexity index is 1110. The van der Waals surface area contributed by atoms with Crippen molar-refractivity contribution in [3.8, 4) is 0 Å². The van der Waals surface area contributed by atoms with Gasteiger partial charge in [-0.2, -0.15) is 0 Å². The summed E-state index contributed by atoms with van der Waals surface area (Å²) in [5.41, 5.74) is 3.69. The Morgan fingerprint density at radius 2 is 1.97 bits per heavy atom. The molecule has 1 aromatic heterocycles. The minimum atomic E-state index is -0.172. The average molecular weight is 409 g/mol. The summed E-state index contributed by atoms with van der Waals surface area (Å²) in [5.74, 6) is 0.609. The van der Waals surface area contributed by atoms with Crippen LogP contribution in [0.5, 0.6) is 0 Å². The number of hydrogen-bond donors (Lipinski definition) is 2. The third kappa shape index (κ3) is 4.17. The molecule has 0 radical (unpaired) electrons. The predicted molar refractivity (Wildman–Crippen MR) is 113 cm³/mol. The van der Waals surface area contributed by atoms with Gasteiger partial charge in [-0.05, 0) is 48.9 Å². The normalized spacial score (nSPS) is 13.2. The molecule has 0 fully saturated rings. The summed E-state index contributed by atoms with van der Waals surface area (Å²) < 4.78 is 0. The molecule has 0 saturated carbocycles. The van der Waals surface area contributed by atoms with E-state index < -0.39 is 0 Å². The van der Waals surface area contributed by atoms with Crippen molar-refractivity contribution in [3.63, 3.8) is 0 Å². The van der Waals surface area contributed by atoms with Gasteiger partial charge in [0.15, 0.2) is 0 Å². The van der Waals surface area contributed by atoms with Crippen molar-refractivity contribution in [2.45, 2.75) is 13.3 Å². The number of H-pyrrole nitrogens is 1. The number of nitrogens with one attached hydrogen (secondary N) is 2. The molecule has 29 heavy (non-hydrogen) atoms. The maximum absolute atomic E-state index is 12.5. The maximum Gasteiger partial charge on any atom is 0.254 e. The summed E-state index contributed by atoms with van der Waals surface area (Å²) in [4.78, 5) is 34.5. The van der Waals surface area contributed by atoms with E-state index in [-0.39, 0.29) is 11.8 Å². The van der Waals surface area contributed by atoms with Crippen molar-refractivity contribution in [2.24, 2.45) is 0 Å². The van der Waals surface area contributed by atoms with Crippen molar-refractivity contribution in [1.29, 1.82) is 0 Å². The van der Waals surface area contributed by atoms with Crippen LogP contribution in [0.1, 0.15) is 32.1 Å². The fourth-order valence-electron chi connectivity index (χ4n) is 3.41. The number of carbonyl (C=O) groups is 2. The van der Waals surface area contributed by atoms with Gasteiger partial charge >= 0.3 is 0 Å². The molecule has 0 aliphatic carbocycles. The summed E-state index contributed by atoms with van der Waals surface area (Å²) in [7, 11) is 0. The fraction of sp³-hybridized carbons (Fsp3) is 0.227. The molecule has 2 N–H and O–H groups in total. The average Bonchev–Trinajstić information content (AvgIpc) is 3.36. The van der Waals surface area contributed by atoms with Gasteiger partial charge in [-0.15, -0.1) is 0 Å². The van der Waals surface area contributed by atoms with Crippen LogP contribution < -0.4 is 5.32 Å². The molecule has 0 spiro atoms. The Labute approximate surface area is 173 Å². The molecule has 6 nitrogen and oxygen atoms in total. The van der Waals surface area contributed by atoms with Gasteiger partial charge in [0, 0.05) is 42.2 Å². The van der Waals surface area contributed by atoms with Crippen molar-refractivity contribution >= 4 is 34.4 Å². The van der Waals surface area contributed by atoms with Crippen LogP contribution in [0.4, 0.5) is 0 Å². The Morgan fingerprint density at radius 3 is 2.72 bits per heavy atom. The van der Waals surface area contributed by atoms with Gasteiger partial charge in [-0.1, -0.05) is 23.8 Å². The molecule has 4 rings (SSSR count). The number of aromatic nitrogens is 2. The Kier molecular flexibility index (Phi) is 5.36. The number of aromatic amines is 1. The Hall–Kier alpha value is -3.12. The minimum Gasteiger partial charge on any atom is -0.352 e. The number of aryl methyl sites for hydroxylation is 1. The second-order valence-electron chi connectivity index (χ2n) is 7.06. The third-order valence-electron chi connectivity index (χ3n) is 4.97. The van der Waals surface area contributed by atoms with E-state index in [0.717, 1.165) is 22.4 Å². The van der Waals surface area contributed by atoms with Crippen LogP contribution in [-0.4, -0.2) is 46.3 Å². The molecular formula is C22H21ClN4O2. The number of hydrogen-bond acceptors (Lipinski definition) is 3. The first kappa shape index (κ1) is 19.2. The Morgan fingerprint density at radius 1 is 1.17 bits per heavy atom. The molecule has 0 unspecified atom stereocenters. The highest BCUT2D eigenvalue weighted by Crippen LogP contribution is 2.18. The lowest BCUT2D eigenvalue weighted by atomic mass is 10.0. The summed E-state index contributed by atoms with van der Waals surface area (Å²) >= 11 is 5.98. The van der Waals surface area contributed by atoms with Gasteiger partial charge < -0.3 is 15.2 Å². The zero-order chi connectivity index (χ0) is 20.4. The smallest absolute Gasteiger partial charge is 0.254 e. The van der Waals surface area contributed by atoms with E-state index in [0.29, 0.717) is 42.2 Å². The first-order chi connectivity index (χ1) is 14.0. The molecule has 2 amide bonds. The summed E-state index contributed by atoms with van der Waals surface area (Å²) in [6.45, 7) is 3.57. The van der Waals surface area contributed by atoms with E-state index in [1.807, 2.05) is 31.2 Å². The SMILES string of the molecule is Cc1cc(C(=O)NCCc2nc3cc(Cl)ccc3[nH]2)ccc1C(=O)N1CC=CC1. The first-order valence-electron chi connectivity index (χ1n) is 9.48. The van der Waals surface area contributed by atoms with Crippen LogP contribution in [0.2, 0.25) is 5.02 Å². The van der Waals surface area contributed by atoms with Crippen molar-refractivity contribution < 1.29 is 9.59 Å². The highest BCUT2D eigenvalue weighted by Gasteiger charge is 2.19. The van der Waals surface area contributed by atoms with Crippen LogP contribution in [-0.2, 0) is 6.42 Å². The molecule has 0 bridgehead atoms. The Balaban J connectivity index is 1.36. The number of fused-ring (bicyclic) bond motifs is 1. The van der Waals surface area contributed by atoms with Crippen molar-refractivity contribution in [2.75, 3.05) is 19.6 Å². The van der Waals surface area contributed by atoms with Crippen LogP contribution in [0.25, 0.3) is 11.0 Å². The van der Waals surface area contributed by atoms with E-state index >= 15 is 0 Å². The van der Waals surface area contributed by atoms with Crippen LogP contribution in [0.15, 0.2) is 48.6 Å². The fourth-order valence-corrected chi connectivity index (χ4v) is 3.57. The van der Waals surface area contributed by atoms with Crippen LogP contribution in [0.3, 0.4) is 0 Å². The molecule has 0 atom stereocenters. The predicted octanol–water partition coefficient (Wildman–Crippen LogP) is 3.51. The van der Waals surface area contributed by atoms with Crippen LogP contribution >= 0.6 is 11.6 Å². The first-order valence-corrected chi connectivity index (χ1v) is 9.86. The summed E-state index contributed by atoms with van der Waals surface area (Å²) in [6.07, 6.45) is 4.53. The summed E-state index contributed by atoms with van der Waals surface area (Å²) in [6, 6.07) is 10.7. The second kappa shape index (κ2) is 8.09. The molecule has 148 valence electrons. The lowest BCUT2D eigenvalue weighted by Crippen LogP contribution is -2.29. The topological polar surface area (TPSA) is 78.1 Å². The molecule has 7 heteroatoms. The number of nitrogens with zero attached hydrogens (tertiary/aromatic N) is 2. The zero-order valence-electron chi connectivity index (χ0n) is 16.0. The second-order valence-corrected chi connectivity index (χ2v) is 7.50. The monoisotopic (exact) mass is 408 g/mol. The molecule has 2 heterocycles. The highest BCUT2D eigenvalue weighted by atomic mass is 35.5. The van der Waals surface area contributed by atoms with E-state index in [9.17, 15) is 9.59 Å². The van der Waals surface area contributed by atoms with Gasteiger partial charge in [-0.25, -0.2) is 4.98 Å². The van der Waals surface area contributed by atoms with Gasteiger partial charge in [0.25, 0.3) is 11.8 Å². The van der Waals surface area contributed by atoms with Crippen molar-refractivity contribution in [3.05, 3.63) is 76.1 Å². The van der Waals surface area contributed by atoms with Crippen molar-refractivity contribution in [1.82, 2.24) is 20.2 Å². The lowest BCUT2D eigenvalue weighted by Gasteiger charge is -2.17. The number of benzene rings is 2. The standard InChI is InChI=1S/C22H21ClN4O2/c1-14-12-15(4-6-17(14)22(29)27-10-2-3-11-27)21(28)24-9-8-20-25-18-7-5-16(23)13-19(18)26-20/h2-7,12-13H,8-11H2,1H3,(H,24,28)(H,25,26). The zero-order valence-corrected chi connectivity index (χ0v) is 16.8. The van der Waals surface area contributed by atoms with Gasteiger partial charge in [0.1, 0.15) is 5.82 Å². The summed E-state index contributed by atoms with van der Waals surface area (Å²) in [5, 5.41) is 3.54. The molecule has 1 aliphatic heterocycles. The minimum absolute atomic E-state index is 0.00977.